The smallest absolute Gasteiger partial charge is 0.262 e. The van der Waals surface area contributed by atoms with Crippen LogP contribution in [0.4, 0.5) is 17.1 Å². The van der Waals surface area contributed by atoms with Crippen molar-refractivity contribution in [1.82, 2.24) is 0 Å². The molecule has 35 heavy (non-hydrogen) atoms. The van der Waals surface area contributed by atoms with Gasteiger partial charge in [-0.25, -0.2) is 0 Å². The largest absolute Gasteiger partial charge is 0.497 e. The van der Waals surface area contributed by atoms with E-state index in [1.807, 2.05) is 54.6 Å². The molecule has 3 amide bonds. The Labute approximate surface area is 204 Å². The number of carbonyl (C=O) groups is 3. The van der Waals surface area contributed by atoms with Gasteiger partial charge in [-0.15, -0.1) is 0 Å². The highest BCUT2D eigenvalue weighted by molar-refractivity contribution is 6.15. The highest BCUT2D eigenvalue weighted by atomic mass is 16.5. The van der Waals surface area contributed by atoms with Gasteiger partial charge in [0.15, 0.2) is 0 Å². The topological polar surface area (TPSA) is 70.2 Å². The first-order valence-corrected chi connectivity index (χ1v) is 11.8. The van der Waals surface area contributed by atoms with Crippen LogP contribution in [0.5, 0.6) is 5.75 Å². The lowest BCUT2D eigenvalue weighted by Gasteiger charge is -2.37. The minimum absolute atomic E-state index is 0.101. The van der Waals surface area contributed by atoms with Crippen molar-refractivity contribution >= 4 is 34.8 Å². The third-order valence-corrected chi connectivity index (χ3v) is 6.55. The van der Waals surface area contributed by atoms with E-state index in [9.17, 15) is 14.4 Å². The minimum Gasteiger partial charge on any atom is -0.497 e. The molecule has 1 saturated heterocycles. The third kappa shape index (κ3) is 4.49. The van der Waals surface area contributed by atoms with Crippen molar-refractivity contribution in [2.45, 2.75) is 25.7 Å². The van der Waals surface area contributed by atoms with E-state index in [0.29, 0.717) is 35.7 Å². The number of rotatable bonds is 5. The number of anilines is 3. The van der Waals surface area contributed by atoms with Crippen LogP contribution < -0.4 is 19.4 Å². The number of nitrogens with zero attached hydrogens (tertiary/aromatic N) is 3. The van der Waals surface area contributed by atoms with Gasteiger partial charge >= 0.3 is 0 Å². The Morgan fingerprint density at radius 3 is 2.29 bits per heavy atom. The lowest BCUT2D eigenvalue weighted by Crippen LogP contribution is -2.50. The Morgan fingerprint density at radius 1 is 0.886 bits per heavy atom. The Hall–Kier alpha value is -4.13. The van der Waals surface area contributed by atoms with E-state index < -0.39 is 0 Å². The fourth-order valence-electron chi connectivity index (χ4n) is 4.65. The molecule has 0 N–H and O–H groups in total. The number of hydrogen-bond acceptors (Lipinski definition) is 4. The Bertz CT molecular complexity index is 1260. The predicted octanol–water partition coefficient (Wildman–Crippen LogP) is 4.41. The van der Waals surface area contributed by atoms with E-state index in [2.05, 4.69) is 0 Å². The number of fused-ring (bicyclic) bond motifs is 1. The van der Waals surface area contributed by atoms with Crippen LogP contribution in [0.15, 0.2) is 72.8 Å². The summed E-state index contributed by atoms with van der Waals surface area (Å²) in [6.07, 6.45) is 2.69. The lowest BCUT2D eigenvalue weighted by atomic mass is 10.0. The van der Waals surface area contributed by atoms with Crippen molar-refractivity contribution in [3.8, 4) is 5.75 Å². The Kier molecular flexibility index (Phi) is 6.23. The normalized spacial score (nSPS) is 15.7. The minimum atomic E-state index is -0.204. The second-order valence-corrected chi connectivity index (χ2v) is 8.76. The summed E-state index contributed by atoms with van der Waals surface area (Å²) in [7, 11) is 1.55. The first kappa shape index (κ1) is 22.7. The van der Waals surface area contributed by atoms with Crippen LogP contribution in [0.1, 0.15) is 35.2 Å². The molecule has 2 heterocycles. The molecule has 0 radical (unpaired) electrons. The van der Waals surface area contributed by atoms with E-state index in [-0.39, 0.29) is 30.8 Å². The number of carbonyl (C=O) groups excluding carboxylic acids is 3. The number of ether oxygens (including phenoxy) is 1. The number of benzene rings is 3. The van der Waals surface area contributed by atoms with Crippen molar-refractivity contribution < 1.29 is 19.1 Å². The molecule has 0 atom stereocenters. The summed E-state index contributed by atoms with van der Waals surface area (Å²) >= 11 is 0. The van der Waals surface area contributed by atoms with Crippen molar-refractivity contribution in [2.75, 3.05) is 35.0 Å². The Balaban J connectivity index is 1.46. The fraction of sp³-hybridized carbons (Fsp3) is 0.250. The standard InChI is InChI=1S/C28H27N3O4/c1-35-23-14-15-25-24(18-23)28(34)30(19-31(25)27(33)17-20-7-3-2-4-8-20)22-12-10-21(11-13-22)29-16-6-5-9-26(29)32/h2-4,7-8,10-15,18H,5-6,9,16-17,19H2,1H3. The number of amides is 3. The molecule has 0 unspecified atom stereocenters. The van der Waals surface area contributed by atoms with E-state index in [4.69, 9.17) is 4.74 Å². The molecule has 7 nitrogen and oxygen atoms in total. The monoisotopic (exact) mass is 469 g/mol. The first-order chi connectivity index (χ1) is 17.0. The number of methoxy groups -OCH3 is 1. The van der Waals surface area contributed by atoms with Crippen LogP contribution in [-0.2, 0) is 16.0 Å². The first-order valence-electron chi connectivity index (χ1n) is 11.8. The molecule has 178 valence electrons. The summed E-state index contributed by atoms with van der Waals surface area (Å²) in [5, 5.41) is 0. The molecule has 0 saturated carbocycles. The van der Waals surface area contributed by atoms with Crippen LogP contribution in [0.2, 0.25) is 0 Å². The van der Waals surface area contributed by atoms with Crippen LogP contribution in [-0.4, -0.2) is 38.0 Å². The van der Waals surface area contributed by atoms with Gasteiger partial charge in [0, 0.05) is 24.3 Å². The Morgan fingerprint density at radius 2 is 1.60 bits per heavy atom. The van der Waals surface area contributed by atoms with Crippen LogP contribution in [0.3, 0.4) is 0 Å². The maximum atomic E-state index is 13.5. The summed E-state index contributed by atoms with van der Waals surface area (Å²) in [5.74, 6) is 0.366. The van der Waals surface area contributed by atoms with Crippen LogP contribution in [0, 0.1) is 0 Å². The zero-order valence-corrected chi connectivity index (χ0v) is 19.6. The van der Waals surface area contributed by atoms with E-state index in [1.165, 1.54) is 0 Å². The summed E-state index contributed by atoms with van der Waals surface area (Å²) in [6, 6.07) is 22.1. The van der Waals surface area contributed by atoms with Gasteiger partial charge in [0.2, 0.25) is 11.8 Å². The molecule has 0 aromatic heterocycles. The van der Waals surface area contributed by atoms with E-state index in [1.54, 1.807) is 40.0 Å². The third-order valence-electron chi connectivity index (χ3n) is 6.55. The molecule has 1 fully saturated rings. The highest BCUT2D eigenvalue weighted by Crippen LogP contribution is 2.34. The molecule has 0 aliphatic carbocycles. The fourth-order valence-corrected chi connectivity index (χ4v) is 4.65. The summed E-state index contributed by atoms with van der Waals surface area (Å²) in [4.78, 5) is 44.2. The number of hydrogen-bond donors (Lipinski definition) is 0. The van der Waals surface area contributed by atoms with Crippen molar-refractivity contribution in [1.29, 1.82) is 0 Å². The molecule has 0 spiro atoms. The van der Waals surface area contributed by atoms with Crippen molar-refractivity contribution in [3.63, 3.8) is 0 Å². The zero-order valence-electron chi connectivity index (χ0n) is 19.6. The summed E-state index contributed by atoms with van der Waals surface area (Å²) < 4.78 is 5.34. The molecule has 3 aromatic rings. The van der Waals surface area contributed by atoms with Gasteiger partial charge in [-0.3, -0.25) is 24.2 Å². The second kappa shape index (κ2) is 9.62. The average Bonchev–Trinajstić information content (AvgIpc) is 2.90. The predicted molar refractivity (Wildman–Crippen MR) is 135 cm³/mol. The summed E-state index contributed by atoms with van der Waals surface area (Å²) in [6.45, 7) is 0.807. The van der Waals surface area contributed by atoms with Gasteiger partial charge in [-0.1, -0.05) is 30.3 Å². The molecular weight excluding hydrogens is 442 g/mol. The molecule has 7 heteroatoms. The van der Waals surface area contributed by atoms with Crippen molar-refractivity contribution in [3.05, 3.63) is 83.9 Å². The highest BCUT2D eigenvalue weighted by Gasteiger charge is 2.34. The second-order valence-electron chi connectivity index (χ2n) is 8.76. The average molecular weight is 470 g/mol. The van der Waals surface area contributed by atoms with Crippen molar-refractivity contribution in [2.24, 2.45) is 0 Å². The molecule has 0 bridgehead atoms. The van der Waals surface area contributed by atoms with Crippen LogP contribution in [0.25, 0.3) is 0 Å². The molecule has 3 aromatic carbocycles. The van der Waals surface area contributed by atoms with Gasteiger partial charge < -0.3 is 9.64 Å². The SMILES string of the molecule is COc1ccc2c(c1)C(=O)N(c1ccc(N3CCCCC3=O)cc1)CN2C(=O)Cc1ccccc1. The maximum absolute atomic E-state index is 13.5. The van der Waals surface area contributed by atoms with Gasteiger partial charge in [0.05, 0.1) is 24.8 Å². The molecular formula is C28H27N3O4. The van der Waals surface area contributed by atoms with Gasteiger partial charge in [-0.2, -0.15) is 0 Å². The molecule has 2 aliphatic rings. The van der Waals surface area contributed by atoms with E-state index >= 15 is 0 Å². The zero-order chi connectivity index (χ0) is 24.4. The molecule has 2 aliphatic heterocycles. The number of piperidine rings is 1. The van der Waals surface area contributed by atoms with Gasteiger partial charge in [0.1, 0.15) is 12.4 Å². The van der Waals surface area contributed by atoms with Gasteiger partial charge in [-0.05, 0) is 60.9 Å². The quantitative estimate of drug-likeness (QED) is 0.555. The maximum Gasteiger partial charge on any atom is 0.262 e. The van der Waals surface area contributed by atoms with E-state index in [0.717, 1.165) is 24.1 Å². The lowest BCUT2D eigenvalue weighted by molar-refractivity contribution is -0.119. The van der Waals surface area contributed by atoms with Gasteiger partial charge in [0.25, 0.3) is 5.91 Å². The van der Waals surface area contributed by atoms with Crippen LogP contribution >= 0.6 is 0 Å². The molecule has 5 rings (SSSR count). The summed E-state index contributed by atoms with van der Waals surface area (Å²) in [5.41, 5.74) is 3.37.